The summed E-state index contributed by atoms with van der Waals surface area (Å²) in [4.78, 5) is 17.6. The second-order valence-corrected chi connectivity index (χ2v) is 4.60. The van der Waals surface area contributed by atoms with E-state index in [1.165, 1.54) is 0 Å². The zero-order chi connectivity index (χ0) is 13.2. The number of fused-ring (bicyclic) bond motifs is 1. The molecule has 6 heteroatoms. The Morgan fingerprint density at radius 1 is 1.53 bits per heavy atom. The number of rotatable bonds is 3. The second kappa shape index (κ2) is 4.99. The number of imidazole rings is 1. The Labute approximate surface area is 110 Å². The molecule has 1 aliphatic heterocycles. The number of pyridine rings is 1. The van der Waals surface area contributed by atoms with Gasteiger partial charge in [0.05, 0.1) is 18.9 Å². The van der Waals surface area contributed by atoms with Crippen LogP contribution >= 0.6 is 0 Å². The highest BCUT2D eigenvalue weighted by Gasteiger charge is 2.29. The van der Waals surface area contributed by atoms with E-state index < -0.39 is 12.0 Å². The molecule has 0 spiro atoms. The molecule has 1 saturated heterocycles. The minimum absolute atomic E-state index is 0.239. The van der Waals surface area contributed by atoms with Crippen molar-refractivity contribution >= 4 is 11.6 Å². The molecule has 2 aromatic rings. The van der Waals surface area contributed by atoms with Crippen LogP contribution in [0, 0.1) is 0 Å². The van der Waals surface area contributed by atoms with Gasteiger partial charge in [0.15, 0.2) is 0 Å². The smallest absolute Gasteiger partial charge is 0.323 e. The predicted molar refractivity (Wildman–Crippen MR) is 67.8 cm³/mol. The molecule has 3 heterocycles. The number of aliphatic carboxylic acids is 1. The number of carbonyl (C=O) groups is 1. The van der Waals surface area contributed by atoms with Gasteiger partial charge in [0, 0.05) is 25.5 Å². The Morgan fingerprint density at radius 3 is 3.21 bits per heavy atom. The molecule has 0 bridgehead atoms. The molecular formula is C13H15N3O3. The van der Waals surface area contributed by atoms with E-state index in [4.69, 9.17) is 4.74 Å². The summed E-state index contributed by atoms with van der Waals surface area (Å²) in [6.07, 6.45) is 3.86. The van der Waals surface area contributed by atoms with E-state index in [1.54, 1.807) is 0 Å². The van der Waals surface area contributed by atoms with Crippen molar-refractivity contribution in [2.24, 2.45) is 0 Å². The van der Waals surface area contributed by atoms with E-state index in [0.717, 1.165) is 11.3 Å². The molecule has 100 valence electrons. The standard InChI is InChI=1S/C13H15N3O3/c17-13(18)11-9-19-6-5-15(11)7-10-8-16-4-2-1-3-12(16)14-10/h1-4,8,11H,5-7,9H2,(H,17,18). The maximum Gasteiger partial charge on any atom is 0.323 e. The van der Waals surface area contributed by atoms with Gasteiger partial charge in [0.25, 0.3) is 0 Å². The molecule has 0 amide bonds. The number of carboxylic acids is 1. The van der Waals surface area contributed by atoms with Gasteiger partial charge in [0.2, 0.25) is 0 Å². The number of ether oxygens (including phenoxy) is 1. The summed E-state index contributed by atoms with van der Waals surface area (Å²) >= 11 is 0. The van der Waals surface area contributed by atoms with E-state index in [1.807, 2.05) is 39.9 Å². The van der Waals surface area contributed by atoms with Gasteiger partial charge in [-0.3, -0.25) is 9.69 Å². The van der Waals surface area contributed by atoms with Gasteiger partial charge in [-0.2, -0.15) is 0 Å². The van der Waals surface area contributed by atoms with Crippen LogP contribution in [0.5, 0.6) is 0 Å². The van der Waals surface area contributed by atoms with E-state index >= 15 is 0 Å². The third kappa shape index (κ3) is 2.45. The second-order valence-electron chi connectivity index (χ2n) is 4.60. The van der Waals surface area contributed by atoms with Crippen LogP contribution < -0.4 is 0 Å². The summed E-state index contributed by atoms with van der Waals surface area (Å²) in [5.41, 5.74) is 1.75. The summed E-state index contributed by atoms with van der Waals surface area (Å²) in [5.74, 6) is -0.844. The molecular weight excluding hydrogens is 246 g/mol. The molecule has 0 saturated carbocycles. The Morgan fingerprint density at radius 2 is 2.42 bits per heavy atom. The van der Waals surface area contributed by atoms with Crippen LogP contribution in [0.1, 0.15) is 5.69 Å². The zero-order valence-corrected chi connectivity index (χ0v) is 10.4. The summed E-state index contributed by atoms with van der Waals surface area (Å²) in [6.45, 7) is 1.95. The van der Waals surface area contributed by atoms with Crippen molar-refractivity contribution in [3.05, 3.63) is 36.3 Å². The van der Waals surface area contributed by atoms with Gasteiger partial charge in [-0.25, -0.2) is 4.98 Å². The van der Waals surface area contributed by atoms with E-state index in [9.17, 15) is 9.90 Å². The number of morpholine rings is 1. The fraction of sp³-hybridized carbons (Fsp3) is 0.385. The maximum absolute atomic E-state index is 11.2. The van der Waals surface area contributed by atoms with Crippen molar-refractivity contribution < 1.29 is 14.6 Å². The Bertz CT molecular complexity index is 563. The molecule has 1 aliphatic rings. The number of carboxylic acid groups (broad SMARTS) is 1. The fourth-order valence-corrected chi connectivity index (χ4v) is 2.33. The van der Waals surface area contributed by atoms with Crippen molar-refractivity contribution in [3.63, 3.8) is 0 Å². The molecule has 1 unspecified atom stereocenters. The molecule has 0 aliphatic carbocycles. The quantitative estimate of drug-likeness (QED) is 0.877. The molecule has 3 rings (SSSR count). The Balaban J connectivity index is 1.80. The summed E-state index contributed by atoms with van der Waals surface area (Å²) < 4.78 is 7.16. The van der Waals surface area contributed by atoms with Crippen LogP contribution in [-0.2, 0) is 16.1 Å². The topological polar surface area (TPSA) is 67.1 Å². The fourth-order valence-electron chi connectivity index (χ4n) is 2.33. The first-order chi connectivity index (χ1) is 9.24. The van der Waals surface area contributed by atoms with Crippen molar-refractivity contribution in [1.82, 2.24) is 14.3 Å². The molecule has 19 heavy (non-hydrogen) atoms. The first-order valence-corrected chi connectivity index (χ1v) is 6.21. The van der Waals surface area contributed by atoms with Gasteiger partial charge < -0.3 is 14.2 Å². The summed E-state index contributed by atoms with van der Waals surface area (Å²) in [6, 6.07) is 5.21. The molecule has 1 N–H and O–H groups in total. The van der Waals surface area contributed by atoms with E-state index in [-0.39, 0.29) is 6.61 Å². The van der Waals surface area contributed by atoms with Crippen molar-refractivity contribution in [2.45, 2.75) is 12.6 Å². The third-order valence-electron chi connectivity index (χ3n) is 3.30. The number of hydrogen-bond acceptors (Lipinski definition) is 4. The largest absolute Gasteiger partial charge is 0.480 e. The van der Waals surface area contributed by atoms with Crippen molar-refractivity contribution in [2.75, 3.05) is 19.8 Å². The Kier molecular flexibility index (Phi) is 3.18. The highest BCUT2D eigenvalue weighted by atomic mass is 16.5. The highest BCUT2D eigenvalue weighted by Crippen LogP contribution is 2.13. The van der Waals surface area contributed by atoms with Crippen molar-refractivity contribution in [3.8, 4) is 0 Å². The molecule has 2 aromatic heterocycles. The number of hydrogen-bond donors (Lipinski definition) is 1. The first-order valence-electron chi connectivity index (χ1n) is 6.21. The average Bonchev–Trinajstić information content (AvgIpc) is 2.81. The van der Waals surface area contributed by atoms with Crippen LogP contribution in [0.3, 0.4) is 0 Å². The highest BCUT2D eigenvalue weighted by molar-refractivity contribution is 5.73. The summed E-state index contributed by atoms with van der Waals surface area (Å²) in [5, 5.41) is 9.18. The third-order valence-corrected chi connectivity index (χ3v) is 3.30. The van der Waals surface area contributed by atoms with Gasteiger partial charge >= 0.3 is 5.97 Å². The van der Waals surface area contributed by atoms with Gasteiger partial charge in [-0.15, -0.1) is 0 Å². The lowest BCUT2D eigenvalue weighted by atomic mass is 10.2. The molecule has 1 atom stereocenters. The SMILES string of the molecule is O=C(O)C1COCCN1Cc1cn2ccccc2n1. The summed E-state index contributed by atoms with van der Waals surface area (Å²) in [7, 11) is 0. The normalized spacial score (nSPS) is 20.7. The maximum atomic E-state index is 11.2. The molecule has 0 radical (unpaired) electrons. The average molecular weight is 261 g/mol. The zero-order valence-electron chi connectivity index (χ0n) is 10.4. The lowest BCUT2D eigenvalue weighted by Gasteiger charge is -2.32. The van der Waals surface area contributed by atoms with Crippen molar-refractivity contribution in [1.29, 1.82) is 0 Å². The van der Waals surface area contributed by atoms with Gasteiger partial charge in [-0.05, 0) is 12.1 Å². The van der Waals surface area contributed by atoms with E-state index in [0.29, 0.717) is 19.7 Å². The lowest BCUT2D eigenvalue weighted by Crippen LogP contribution is -2.49. The Hall–Kier alpha value is -1.92. The van der Waals surface area contributed by atoms with Crippen LogP contribution in [0.2, 0.25) is 0 Å². The van der Waals surface area contributed by atoms with Crippen LogP contribution in [-0.4, -0.2) is 51.2 Å². The molecule has 1 fully saturated rings. The van der Waals surface area contributed by atoms with Gasteiger partial charge in [-0.1, -0.05) is 6.07 Å². The molecule has 6 nitrogen and oxygen atoms in total. The number of nitrogens with zero attached hydrogens (tertiary/aromatic N) is 3. The monoisotopic (exact) mass is 261 g/mol. The van der Waals surface area contributed by atoms with E-state index in [2.05, 4.69) is 4.98 Å². The van der Waals surface area contributed by atoms with Crippen LogP contribution in [0.15, 0.2) is 30.6 Å². The lowest BCUT2D eigenvalue weighted by molar-refractivity contribution is -0.150. The predicted octanol–water partition coefficient (Wildman–Crippen LogP) is 0.620. The minimum Gasteiger partial charge on any atom is -0.480 e. The molecule has 0 aromatic carbocycles. The number of aromatic nitrogens is 2. The first kappa shape index (κ1) is 12.1. The minimum atomic E-state index is -0.844. The van der Waals surface area contributed by atoms with Crippen LogP contribution in [0.25, 0.3) is 5.65 Å². The van der Waals surface area contributed by atoms with Gasteiger partial charge in [0.1, 0.15) is 11.7 Å². The van der Waals surface area contributed by atoms with Crippen LogP contribution in [0.4, 0.5) is 0 Å².